The van der Waals surface area contributed by atoms with Crippen LogP contribution in [0.4, 0.5) is 5.69 Å². The maximum atomic E-state index is 12.2. The summed E-state index contributed by atoms with van der Waals surface area (Å²) in [6, 6.07) is 7.68. The Labute approximate surface area is 126 Å². The molecule has 0 aliphatic carbocycles. The minimum absolute atomic E-state index is 0.114. The van der Waals surface area contributed by atoms with Crippen LogP contribution in [0.3, 0.4) is 0 Å². The SMILES string of the molecule is CCc1[nH]nc(C(=O)N[C@@H](C)c2ccc(Br)cc2)c1N. The Morgan fingerprint density at radius 1 is 1.45 bits per heavy atom. The van der Waals surface area contributed by atoms with Gasteiger partial charge in [0.15, 0.2) is 5.69 Å². The molecule has 0 radical (unpaired) electrons. The summed E-state index contributed by atoms with van der Waals surface area (Å²) >= 11 is 3.38. The van der Waals surface area contributed by atoms with Gasteiger partial charge in [0.25, 0.3) is 5.91 Å². The number of carbonyl (C=O) groups is 1. The molecule has 106 valence electrons. The van der Waals surface area contributed by atoms with E-state index in [-0.39, 0.29) is 17.6 Å². The Morgan fingerprint density at radius 3 is 2.65 bits per heavy atom. The molecular weight excluding hydrogens is 320 g/mol. The maximum Gasteiger partial charge on any atom is 0.274 e. The van der Waals surface area contributed by atoms with E-state index in [0.29, 0.717) is 12.1 Å². The highest BCUT2D eigenvalue weighted by molar-refractivity contribution is 9.10. The fraction of sp³-hybridized carbons (Fsp3) is 0.286. The van der Waals surface area contributed by atoms with Crippen molar-refractivity contribution >= 4 is 27.5 Å². The third-order valence-electron chi connectivity index (χ3n) is 3.17. The highest BCUT2D eigenvalue weighted by Gasteiger charge is 2.18. The van der Waals surface area contributed by atoms with Crippen LogP contribution in [-0.4, -0.2) is 16.1 Å². The summed E-state index contributed by atoms with van der Waals surface area (Å²) in [6.07, 6.45) is 0.717. The number of hydrogen-bond donors (Lipinski definition) is 3. The van der Waals surface area contributed by atoms with E-state index in [9.17, 15) is 4.79 Å². The molecule has 2 aromatic rings. The highest BCUT2D eigenvalue weighted by Crippen LogP contribution is 2.19. The number of rotatable bonds is 4. The number of nitrogens with zero attached hydrogens (tertiary/aromatic N) is 1. The molecule has 4 N–H and O–H groups in total. The molecule has 0 spiro atoms. The summed E-state index contributed by atoms with van der Waals surface area (Å²) in [6.45, 7) is 3.88. The zero-order valence-electron chi connectivity index (χ0n) is 11.4. The van der Waals surface area contributed by atoms with Crippen LogP contribution in [0.25, 0.3) is 0 Å². The number of aromatic nitrogens is 2. The van der Waals surface area contributed by atoms with Gasteiger partial charge in [-0.3, -0.25) is 9.89 Å². The van der Waals surface area contributed by atoms with Gasteiger partial charge >= 0.3 is 0 Å². The molecule has 0 bridgehead atoms. The number of aromatic amines is 1. The zero-order valence-corrected chi connectivity index (χ0v) is 13.0. The van der Waals surface area contributed by atoms with Gasteiger partial charge in [-0.05, 0) is 31.0 Å². The number of carbonyl (C=O) groups excluding carboxylic acids is 1. The zero-order chi connectivity index (χ0) is 14.7. The van der Waals surface area contributed by atoms with Gasteiger partial charge in [-0.25, -0.2) is 0 Å². The first-order valence-electron chi connectivity index (χ1n) is 6.42. The van der Waals surface area contributed by atoms with Crippen molar-refractivity contribution in [2.45, 2.75) is 26.3 Å². The summed E-state index contributed by atoms with van der Waals surface area (Å²) in [4.78, 5) is 12.2. The number of halogens is 1. The molecule has 20 heavy (non-hydrogen) atoms. The van der Waals surface area contributed by atoms with E-state index < -0.39 is 0 Å². The smallest absolute Gasteiger partial charge is 0.274 e. The predicted molar refractivity (Wildman–Crippen MR) is 82.4 cm³/mol. The number of anilines is 1. The molecule has 0 unspecified atom stereocenters. The number of nitrogens with two attached hydrogens (primary N) is 1. The first-order chi connectivity index (χ1) is 9.52. The number of nitrogens with one attached hydrogen (secondary N) is 2. The monoisotopic (exact) mass is 336 g/mol. The molecule has 0 fully saturated rings. The van der Waals surface area contributed by atoms with E-state index >= 15 is 0 Å². The van der Waals surface area contributed by atoms with Crippen molar-refractivity contribution in [2.75, 3.05) is 5.73 Å². The normalized spacial score (nSPS) is 12.2. The average Bonchev–Trinajstić information content (AvgIpc) is 2.80. The Bertz CT molecular complexity index is 606. The van der Waals surface area contributed by atoms with Crippen LogP contribution in [0.1, 0.15) is 41.6 Å². The molecule has 0 saturated heterocycles. The molecule has 1 heterocycles. The van der Waals surface area contributed by atoms with Crippen molar-refractivity contribution in [3.63, 3.8) is 0 Å². The lowest BCUT2D eigenvalue weighted by molar-refractivity contribution is 0.0935. The number of aryl methyl sites for hydroxylation is 1. The van der Waals surface area contributed by atoms with Gasteiger partial charge in [-0.1, -0.05) is 35.0 Å². The van der Waals surface area contributed by atoms with Crippen molar-refractivity contribution in [1.29, 1.82) is 0 Å². The Balaban J connectivity index is 2.10. The summed E-state index contributed by atoms with van der Waals surface area (Å²) in [5, 5.41) is 9.65. The third kappa shape index (κ3) is 3.01. The summed E-state index contributed by atoms with van der Waals surface area (Å²) < 4.78 is 1.00. The topological polar surface area (TPSA) is 83.8 Å². The largest absolute Gasteiger partial charge is 0.395 e. The van der Waals surface area contributed by atoms with E-state index in [1.807, 2.05) is 38.1 Å². The molecule has 0 aliphatic heterocycles. The van der Waals surface area contributed by atoms with Gasteiger partial charge in [0.2, 0.25) is 0 Å². The van der Waals surface area contributed by atoms with Crippen LogP contribution in [-0.2, 0) is 6.42 Å². The van der Waals surface area contributed by atoms with Crippen molar-refractivity contribution in [3.05, 3.63) is 45.7 Å². The van der Waals surface area contributed by atoms with Crippen LogP contribution in [0.5, 0.6) is 0 Å². The molecule has 1 aromatic heterocycles. The van der Waals surface area contributed by atoms with E-state index in [4.69, 9.17) is 5.73 Å². The van der Waals surface area contributed by atoms with E-state index in [1.54, 1.807) is 0 Å². The Morgan fingerprint density at radius 2 is 2.10 bits per heavy atom. The molecule has 1 amide bonds. The van der Waals surface area contributed by atoms with Crippen molar-refractivity contribution in [3.8, 4) is 0 Å². The van der Waals surface area contributed by atoms with E-state index in [1.165, 1.54) is 0 Å². The molecule has 5 nitrogen and oxygen atoms in total. The van der Waals surface area contributed by atoms with Crippen LogP contribution in [0.2, 0.25) is 0 Å². The number of benzene rings is 1. The quantitative estimate of drug-likeness (QED) is 0.802. The van der Waals surface area contributed by atoms with Crippen molar-refractivity contribution in [2.24, 2.45) is 0 Å². The minimum Gasteiger partial charge on any atom is -0.395 e. The fourth-order valence-corrected chi connectivity index (χ4v) is 2.19. The molecule has 1 atom stereocenters. The molecule has 2 rings (SSSR count). The predicted octanol–water partition coefficient (Wildman–Crippen LogP) is 2.81. The molecule has 0 aliphatic rings. The number of nitrogen functional groups attached to an aromatic ring is 1. The van der Waals surface area contributed by atoms with Crippen LogP contribution < -0.4 is 11.1 Å². The third-order valence-corrected chi connectivity index (χ3v) is 3.70. The number of amides is 1. The van der Waals surface area contributed by atoms with Gasteiger partial charge in [0, 0.05) is 4.47 Å². The molecular formula is C14H17BrN4O. The van der Waals surface area contributed by atoms with Crippen molar-refractivity contribution < 1.29 is 4.79 Å². The second kappa shape index (κ2) is 6.09. The summed E-state index contributed by atoms with van der Waals surface area (Å²) in [5.74, 6) is -0.270. The van der Waals surface area contributed by atoms with Gasteiger partial charge in [0.1, 0.15) is 0 Å². The van der Waals surface area contributed by atoms with Crippen molar-refractivity contribution in [1.82, 2.24) is 15.5 Å². The first kappa shape index (κ1) is 14.6. The first-order valence-corrected chi connectivity index (χ1v) is 7.21. The molecule has 6 heteroatoms. The summed E-state index contributed by atoms with van der Waals surface area (Å²) in [7, 11) is 0. The lowest BCUT2D eigenvalue weighted by atomic mass is 10.1. The van der Waals surface area contributed by atoms with Gasteiger partial charge in [-0.15, -0.1) is 0 Å². The van der Waals surface area contributed by atoms with Gasteiger partial charge in [-0.2, -0.15) is 5.10 Å². The lowest BCUT2D eigenvalue weighted by Crippen LogP contribution is -2.27. The number of H-pyrrole nitrogens is 1. The Kier molecular flexibility index (Phi) is 4.44. The minimum atomic E-state index is -0.270. The van der Waals surface area contributed by atoms with Gasteiger partial charge < -0.3 is 11.1 Å². The van der Waals surface area contributed by atoms with Crippen LogP contribution >= 0.6 is 15.9 Å². The van der Waals surface area contributed by atoms with Gasteiger partial charge in [0.05, 0.1) is 17.4 Å². The van der Waals surface area contributed by atoms with E-state index in [0.717, 1.165) is 15.7 Å². The Hall–Kier alpha value is -1.82. The second-order valence-electron chi connectivity index (χ2n) is 4.56. The average molecular weight is 337 g/mol. The molecule has 1 aromatic carbocycles. The summed E-state index contributed by atoms with van der Waals surface area (Å²) in [5.41, 5.74) is 8.37. The standard InChI is InChI=1S/C14H17BrN4O/c1-3-11-12(16)13(19-18-11)14(20)17-8(2)9-4-6-10(15)7-5-9/h4-8H,3,16H2,1-2H3,(H,17,20)(H,18,19)/t8-/m0/s1. The highest BCUT2D eigenvalue weighted by atomic mass is 79.9. The second-order valence-corrected chi connectivity index (χ2v) is 5.48. The fourth-order valence-electron chi connectivity index (χ4n) is 1.93. The maximum absolute atomic E-state index is 12.2. The molecule has 0 saturated carbocycles. The lowest BCUT2D eigenvalue weighted by Gasteiger charge is -2.13. The van der Waals surface area contributed by atoms with Crippen LogP contribution in [0.15, 0.2) is 28.7 Å². The number of hydrogen-bond acceptors (Lipinski definition) is 3. The van der Waals surface area contributed by atoms with Crippen LogP contribution in [0, 0.1) is 0 Å². The van der Waals surface area contributed by atoms with E-state index in [2.05, 4.69) is 31.4 Å².